The Balaban J connectivity index is 1.82. The molecule has 0 bridgehead atoms. The summed E-state index contributed by atoms with van der Waals surface area (Å²) in [5, 5.41) is 14.6. The van der Waals surface area contributed by atoms with E-state index in [1.807, 2.05) is 84.4 Å². The van der Waals surface area contributed by atoms with Gasteiger partial charge in [0.05, 0.1) is 11.4 Å². The average molecular weight is 371 g/mol. The van der Waals surface area contributed by atoms with Crippen LogP contribution in [0.1, 0.15) is 12.5 Å². The van der Waals surface area contributed by atoms with E-state index in [1.165, 1.54) is 11.3 Å². The van der Waals surface area contributed by atoms with E-state index in [4.69, 9.17) is 5.10 Å². The van der Waals surface area contributed by atoms with Gasteiger partial charge in [0, 0.05) is 23.5 Å². The summed E-state index contributed by atoms with van der Waals surface area (Å²) in [4.78, 5) is 4.76. The van der Waals surface area contributed by atoms with Gasteiger partial charge in [0.25, 0.3) is 0 Å². The Hall–Kier alpha value is -3.38. The minimum atomic E-state index is 0.716. The molecule has 0 unspecified atom stereocenters. The molecule has 0 saturated carbocycles. The van der Waals surface area contributed by atoms with Crippen molar-refractivity contribution in [1.82, 2.24) is 14.8 Å². The summed E-state index contributed by atoms with van der Waals surface area (Å²) in [6.45, 7) is 1.94. The second kappa shape index (κ2) is 7.88. The van der Waals surface area contributed by atoms with Gasteiger partial charge < -0.3 is 0 Å². The molecule has 0 amide bonds. The topological polar surface area (TPSA) is 55.4 Å². The fourth-order valence-corrected chi connectivity index (χ4v) is 3.41. The van der Waals surface area contributed by atoms with Crippen LogP contribution in [-0.4, -0.2) is 20.5 Å². The lowest BCUT2D eigenvalue weighted by Gasteiger charge is -2.00. The van der Waals surface area contributed by atoms with Gasteiger partial charge in [-0.2, -0.15) is 10.2 Å². The molecule has 2 aromatic heterocycles. The number of benzene rings is 2. The molecule has 4 rings (SSSR count). The Morgan fingerprint density at radius 3 is 2.26 bits per heavy atom. The highest BCUT2D eigenvalue weighted by atomic mass is 32.1. The van der Waals surface area contributed by atoms with Gasteiger partial charge in [-0.25, -0.2) is 4.68 Å². The number of para-hydroxylation sites is 1. The van der Waals surface area contributed by atoms with E-state index in [9.17, 15) is 0 Å². The molecule has 6 heteroatoms. The van der Waals surface area contributed by atoms with Crippen molar-refractivity contribution in [2.75, 3.05) is 0 Å². The Morgan fingerprint density at radius 1 is 0.889 bits per heavy atom. The summed E-state index contributed by atoms with van der Waals surface area (Å²) in [5.74, 6) is 0. The van der Waals surface area contributed by atoms with Crippen LogP contribution in [0.4, 0.5) is 0 Å². The molecule has 0 spiro atoms. The third-order valence-corrected chi connectivity index (χ3v) is 4.91. The van der Waals surface area contributed by atoms with Crippen molar-refractivity contribution in [3.63, 3.8) is 0 Å². The summed E-state index contributed by atoms with van der Waals surface area (Å²) in [6, 6.07) is 23.9. The van der Waals surface area contributed by atoms with E-state index < -0.39 is 0 Å². The standard InChI is InChI=1S/C21H17N5S/c1-16(17-12-14-22-15-13-17)23-24-21-26(19-10-6-3-7-11-19)25-20(27-21)18-8-4-2-5-9-18/h2-15H,1H3/b23-16+,24-21+. The lowest BCUT2D eigenvalue weighted by molar-refractivity contribution is 0.824. The van der Waals surface area contributed by atoms with Crippen LogP contribution in [0, 0.1) is 0 Å². The summed E-state index contributed by atoms with van der Waals surface area (Å²) >= 11 is 1.51. The van der Waals surface area contributed by atoms with Crippen LogP contribution in [-0.2, 0) is 0 Å². The zero-order valence-corrected chi connectivity index (χ0v) is 15.5. The predicted octanol–water partition coefficient (Wildman–Crippen LogP) is 4.32. The molecule has 0 atom stereocenters. The molecular weight excluding hydrogens is 354 g/mol. The normalized spacial score (nSPS) is 12.3. The first kappa shape index (κ1) is 17.1. The van der Waals surface area contributed by atoms with Crippen LogP contribution < -0.4 is 4.80 Å². The van der Waals surface area contributed by atoms with Crippen molar-refractivity contribution >= 4 is 17.0 Å². The Morgan fingerprint density at radius 2 is 1.56 bits per heavy atom. The number of rotatable bonds is 4. The van der Waals surface area contributed by atoms with Gasteiger partial charge in [-0.1, -0.05) is 59.9 Å². The van der Waals surface area contributed by atoms with Gasteiger partial charge in [-0.15, -0.1) is 5.10 Å². The fraction of sp³-hybridized carbons (Fsp3) is 0.0476. The van der Waals surface area contributed by atoms with Gasteiger partial charge in [0.15, 0.2) is 0 Å². The highest BCUT2D eigenvalue weighted by Crippen LogP contribution is 2.20. The smallest absolute Gasteiger partial charge is 0.233 e. The van der Waals surface area contributed by atoms with E-state index in [0.717, 1.165) is 27.5 Å². The molecule has 132 valence electrons. The second-order valence-corrected chi connectivity index (χ2v) is 6.78. The quantitative estimate of drug-likeness (QED) is 0.396. The molecule has 27 heavy (non-hydrogen) atoms. The molecule has 4 aromatic rings. The van der Waals surface area contributed by atoms with Crippen LogP contribution in [0.25, 0.3) is 16.3 Å². The molecule has 5 nitrogen and oxygen atoms in total. The van der Waals surface area contributed by atoms with Crippen molar-refractivity contribution in [3.05, 3.63) is 95.6 Å². The Bertz CT molecular complexity index is 1110. The summed E-state index contributed by atoms with van der Waals surface area (Å²) in [6.07, 6.45) is 3.50. The lowest BCUT2D eigenvalue weighted by atomic mass is 10.2. The number of hydrogen-bond acceptors (Lipinski definition) is 5. The van der Waals surface area contributed by atoms with Crippen LogP contribution in [0.5, 0.6) is 0 Å². The predicted molar refractivity (Wildman–Crippen MR) is 109 cm³/mol. The van der Waals surface area contributed by atoms with E-state index >= 15 is 0 Å². The zero-order chi connectivity index (χ0) is 18.5. The summed E-state index contributed by atoms with van der Waals surface area (Å²) in [7, 11) is 0. The molecule has 0 fully saturated rings. The van der Waals surface area contributed by atoms with Crippen molar-refractivity contribution in [1.29, 1.82) is 0 Å². The number of pyridine rings is 1. The fourth-order valence-electron chi connectivity index (χ4n) is 2.55. The van der Waals surface area contributed by atoms with Crippen molar-refractivity contribution in [2.24, 2.45) is 10.2 Å². The van der Waals surface area contributed by atoms with Crippen LogP contribution in [0.3, 0.4) is 0 Å². The van der Waals surface area contributed by atoms with Crippen LogP contribution in [0.2, 0.25) is 0 Å². The van der Waals surface area contributed by atoms with E-state index in [1.54, 1.807) is 12.4 Å². The summed E-state index contributed by atoms with van der Waals surface area (Å²) < 4.78 is 1.83. The molecule has 0 aliphatic rings. The maximum atomic E-state index is 4.76. The molecule has 0 saturated heterocycles. The molecule has 0 aliphatic heterocycles. The van der Waals surface area contributed by atoms with Crippen LogP contribution >= 0.6 is 11.3 Å². The van der Waals surface area contributed by atoms with E-state index in [0.29, 0.717) is 4.80 Å². The van der Waals surface area contributed by atoms with Crippen molar-refractivity contribution < 1.29 is 0 Å². The SMILES string of the molecule is C/C(=N\N=c1\sc(-c2ccccc2)nn1-c1ccccc1)c1ccncc1. The largest absolute Gasteiger partial charge is 0.265 e. The maximum Gasteiger partial charge on any atom is 0.233 e. The van der Waals surface area contributed by atoms with Gasteiger partial charge >= 0.3 is 0 Å². The van der Waals surface area contributed by atoms with Crippen molar-refractivity contribution in [2.45, 2.75) is 6.92 Å². The third-order valence-electron chi connectivity index (χ3n) is 3.97. The Labute approximate surface area is 161 Å². The molecule has 0 N–H and O–H groups in total. The minimum absolute atomic E-state index is 0.716. The molecule has 0 aliphatic carbocycles. The average Bonchev–Trinajstić information content (AvgIpc) is 3.18. The molecule has 0 radical (unpaired) electrons. The second-order valence-electron chi connectivity index (χ2n) is 5.82. The van der Waals surface area contributed by atoms with Crippen molar-refractivity contribution in [3.8, 4) is 16.3 Å². The monoisotopic (exact) mass is 371 g/mol. The summed E-state index contributed by atoms with van der Waals surface area (Å²) in [5.41, 5.74) is 3.83. The first-order chi connectivity index (χ1) is 13.3. The number of aromatic nitrogens is 3. The molecular formula is C21H17N5S. The first-order valence-electron chi connectivity index (χ1n) is 8.51. The lowest BCUT2D eigenvalue weighted by Crippen LogP contribution is -2.14. The van der Waals surface area contributed by atoms with Crippen LogP contribution in [0.15, 0.2) is 95.4 Å². The highest BCUT2D eigenvalue weighted by molar-refractivity contribution is 7.12. The van der Waals surface area contributed by atoms with Gasteiger partial charge in [0.2, 0.25) is 4.80 Å². The molecule has 2 heterocycles. The Kier molecular flexibility index (Phi) is 4.98. The molecule has 2 aromatic carbocycles. The number of hydrogen-bond donors (Lipinski definition) is 0. The van der Waals surface area contributed by atoms with Gasteiger partial charge in [0.1, 0.15) is 5.01 Å². The zero-order valence-electron chi connectivity index (χ0n) is 14.7. The number of nitrogens with zero attached hydrogens (tertiary/aromatic N) is 5. The minimum Gasteiger partial charge on any atom is -0.265 e. The highest BCUT2D eigenvalue weighted by Gasteiger charge is 2.08. The van der Waals surface area contributed by atoms with E-state index in [-0.39, 0.29) is 0 Å². The third kappa shape index (κ3) is 3.91. The first-order valence-corrected chi connectivity index (χ1v) is 9.32. The van der Waals surface area contributed by atoms with Gasteiger partial charge in [-0.3, -0.25) is 4.98 Å². The van der Waals surface area contributed by atoms with Gasteiger partial charge in [-0.05, 0) is 31.2 Å². The maximum absolute atomic E-state index is 4.76. The van der Waals surface area contributed by atoms with E-state index in [2.05, 4.69) is 15.2 Å².